The van der Waals surface area contributed by atoms with Crippen LogP contribution >= 0.6 is 11.3 Å². The van der Waals surface area contributed by atoms with Crippen LogP contribution in [0.1, 0.15) is 25.7 Å². The van der Waals surface area contributed by atoms with Gasteiger partial charge in [-0.3, -0.25) is 10.1 Å². The Labute approximate surface area is 224 Å². The van der Waals surface area contributed by atoms with E-state index < -0.39 is 21.0 Å². The third-order valence-electron chi connectivity index (χ3n) is 5.97. The quantitative estimate of drug-likeness (QED) is 0.165. The second-order valence-electron chi connectivity index (χ2n) is 8.75. The van der Waals surface area contributed by atoms with Crippen molar-refractivity contribution >= 4 is 38.8 Å². The number of ether oxygens (including phenoxy) is 1. The topological polar surface area (TPSA) is 160 Å². The number of nitro benzene ring substituents is 1. The summed E-state index contributed by atoms with van der Waals surface area (Å²) < 4.78 is 34.4. The van der Waals surface area contributed by atoms with Crippen LogP contribution in [0.2, 0.25) is 0 Å². The lowest BCUT2D eigenvalue weighted by atomic mass is 9.95. The molecule has 1 saturated carbocycles. The molecule has 0 atom stereocenters. The number of hydrogen-bond acceptors (Lipinski definition) is 8. The molecule has 38 heavy (non-hydrogen) atoms. The molecule has 4 N–H and O–H groups in total. The van der Waals surface area contributed by atoms with Gasteiger partial charge in [-0.15, -0.1) is 11.3 Å². The van der Waals surface area contributed by atoms with Crippen molar-refractivity contribution in [3.8, 4) is 16.2 Å². The normalized spacial score (nSPS) is 17.5. The molecule has 0 radical (unpaired) electrons. The van der Waals surface area contributed by atoms with Crippen LogP contribution in [0.4, 0.5) is 16.2 Å². The largest absolute Gasteiger partial charge is 0.490 e. The van der Waals surface area contributed by atoms with Gasteiger partial charge in [0.1, 0.15) is 9.96 Å². The zero-order valence-electron chi connectivity index (χ0n) is 20.3. The molecule has 13 heteroatoms. The van der Waals surface area contributed by atoms with Gasteiger partial charge in [-0.1, -0.05) is 12.1 Å². The van der Waals surface area contributed by atoms with Gasteiger partial charge in [0, 0.05) is 41.4 Å². The second kappa shape index (κ2) is 12.3. The molecule has 2 amide bonds. The lowest BCUT2D eigenvalue weighted by Gasteiger charge is -2.27. The molecule has 0 spiro atoms. The van der Waals surface area contributed by atoms with Crippen LogP contribution in [0, 0.1) is 10.1 Å². The fourth-order valence-electron chi connectivity index (χ4n) is 4.00. The van der Waals surface area contributed by atoms with Crippen LogP contribution in [-0.2, 0) is 10.0 Å². The van der Waals surface area contributed by atoms with Crippen molar-refractivity contribution < 1.29 is 28.0 Å². The summed E-state index contributed by atoms with van der Waals surface area (Å²) in [5.41, 5.74) is 1.07. The maximum absolute atomic E-state index is 12.8. The number of hydrogen-bond donors (Lipinski definition) is 4. The van der Waals surface area contributed by atoms with E-state index in [0.29, 0.717) is 24.3 Å². The standard InChI is InChI=1S/C25H28N4O7S2/c30-19-9-11-20(12-10-19)36-22-4-2-1-3-21(22)23-13-14-24(37-23)38(34,35)27-16-15-26-25(31)28-17-5-7-18(8-6-17)29(32)33/h1-8,13-14,19-20,27,30H,9-12,15-16H2,(H2,26,28,31)/t19-,20+. The number of thiophene rings is 1. The van der Waals surface area contributed by atoms with Crippen molar-refractivity contribution in [1.29, 1.82) is 0 Å². The molecule has 1 heterocycles. The van der Waals surface area contributed by atoms with Gasteiger partial charge in [0.05, 0.1) is 17.1 Å². The van der Waals surface area contributed by atoms with E-state index in [2.05, 4.69) is 15.4 Å². The van der Waals surface area contributed by atoms with Gasteiger partial charge in [0.2, 0.25) is 10.0 Å². The molecule has 2 aromatic carbocycles. The predicted molar refractivity (Wildman–Crippen MR) is 144 cm³/mol. The van der Waals surface area contributed by atoms with Crippen LogP contribution in [0.3, 0.4) is 0 Å². The van der Waals surface area contributed by atoms with E-state index in [1.54, 1.807) is 6.07 Å². The Morgan fingerprint density at radius 3 is 2.45 bits per heavy atom. The number of nitrogens with zero attached hydrogens (tertiary/aromatic N) is 1. The average molecular weight is 561 g/mol. The van der Waals surface area contributed by atoms with Crippen molar-refractivity contribution in [3.63, 3.8) is 0 Å². The summed E-state index contributed by atoms with van der Waals surface area (Å²) >= 11 is 1.12. The van der Waals surface area contributed by atoms with Crippen LogP contribution in [0.5, 0.6) is 5.75 Å². The van der Waals surface area contributed by atoms with Crippen molar-refractivity contribution in [3.05, 3.63) is 70.8 Å². The maximum atomic E-state index is 12.8. The van der Waals surface area contributed by atoms with Gasteiger partial charge < -0.3 is 20.5 Å². The van der Waals surface area contributed by atoms with Crippen LogP contribution < -0.4 is 20.1 Å². The first-order chi connectivity index (χ1) is 18.2. The van der Waals surface area contributed by atoms with E-state index in [0.717, 1.165) is 34.6 Å². The fraction of sp³-hybridized carbons (Fsp3) is 0.320. The number of carbonyl (C=O) groups is 1. The average Bonchev–Trinajstić information content (AvgIpc) is 3.40. The van der Waals surface area contributed by atoms with Crippen molar-refractivity contribution in [2.75, 3.05) is 18.4 Å². The van der Waals surface area contributed by atoms with E-state index in [9.17, 15) is 28.4 Å². The molecule has 202 valence electrons. The Morgan fingerprint density at radius 1 is 1.03 bits per heavy atom. The van der Waals surface area contributed by atoms with Crippen molar-refractivity contribution in [2.24, 2.45) is 0 Å². The molecule has 1 aliphatic carbocycles. The summed E-state index contributed by atoms with van der Waals surface area (Å²) in [5, 5.41) is 25.5. The molecule has 0 saturated heterocycles. The summed E-state index contributed by atoms with van der Waals surface area (Å²) in [5.74, 6) is 0.677. The fourth-order valence-corrected chi connectivity index (χ4v) is 6.41. The first kappa shape index (κ1) is 27.5. The third-order valence-corrected chi connectivity index (χ3v) is 9.05. The number of nitro groups is 1. The number of aliphatic hydroxyl groups excluding tert-OH is 1. The third kappa shape index (κ3) is 7.28. The highest BCUT2D eigenvalue weighted by Crippen LogP contribution is 2.37. The first-order valence-corrected chi connectivity index (χ1v) is 14.3. The SMILES string of the molecule is O=C(NCCNS(=O)(=O)c1ccc(-c2ccccc2O[C@H]2CC[C@@H](O)CC2)s1)Nc1ccc([N+](=O)[O-])cc1. The molecule has 0 bridgehead atoms. The highest BCUT2D eigenvalue weighted by molar-refractivity contribution is 7.91. The minimum absolute atomic E-state index is 0.00879. The second-order valence-corrected chi connectivity index (χ2v) is 11.8. The Hall–Kier alpha value is -3.52. The van der Waals surface area contributed by atoms with Crippen LogP contribution in [0.25, 0.3) is 10.4 Å². The zero-order chi connectivity index (χ0) is 27.1. The van der Waals surface area contributed by atoms with Crippen molar-refractivity contribution in [2.45, 2.75) is 42.1 Å². The number of nitrogens with one attached hydrogen (secondary N) is 3. The summed E-state index contributed by atoms with van der Waals surface area (Å²) in [6.07, 6.45) is 2.67. The number of para-hydroxylation sites is 1. The van der Waals surface area contributed by atoms with Gasteiger partial charge in [0.15, 0.2) is 0 Å². The Bertz CT molecular complexity index is 1370. The van der Waals surface area contributed by atoms with E-state index in [1.807, 2.05) is 24.3 Å². The monoisotopic (exact) mass is 560 g/mol. The highest BCUT2D eigenvalue weighted by atomic mass is 32.2. The Morgan fingerprint density at radius 2 is 1.74 bits per heavy atom. The number of amides is 2. The maximum Gasteiger partial charge on any atom is 0.319 e. The molecule has 0 unspecified atom stereocenters. The summed E-state index contributed by atoms with van der Waals surface area (Å²) in [4.78, 5) is 22.9. The van der Waals surface area contributed by atoms with Gasteiger partial charge in [0.25, 0.3) is 5.69 Å². The number of non-ortho nitro benzene ring substituents is 1. The number of anilines is 1. The van der Waals surface area contributed by atoms with Crippen LogP contribution in [0.15, 0.2) is 64.9 Å². The molecular weight excluding hydrogens is 532 g/mol. The molecule has 4 rings (SSSR count). The Balaban J connectivity index is 1.29. The van der Waals surface area contributed by atoms with Gasteiger partial charge in [-0.05, 0) is 62.1 Å². The molecular formula is C25H28N4O7S2. The summed E-state index contributed by atoms with van der Waals surface area (Å²) in [6.45, 7) is -0.000483. The van der Waals surface area contributed by atoms with Gasteiger partial charge in [-0.2, -0.15) is 0 Å². The number of carbonyl (C=O) groups excluding carboxylic acids is 1. The molecule has 1 aromatic heterocycles. The number of benzene rings is 2. The summed E-state index contributed by atoms with van der Waals surface area (Å²) in [7, 11) is -3.80. The molecule has 1 aliphatic rings. The van der Waals surface area contributed by atoms with E-state index in [4.69, 9.17) is 4.74 Å². The molecule has 11 nitrogen and oxygen atoms in total. The predicted octanol–water partition coefficient (Wildman–Crippen LogP) is 4.11. The summed E-state index contributed by atoms with van der Waals surface area (Å²) in [6, 6.07) is 15.5. The van der Waals surface area contributed by atoms with Crippen molar-refractivity contribution in [1.82, 2.24) is 10.0 Å². The van der Waals surface area contributed by atoms with E-state index in [-0.39, 0.29) is 35.2 Å². The molecule has 3 aromatic rings. The number of sulfonamides is 1. The van der Waals surface area contributed by atoms with Gasteiger partial charge >= 0.3 is 6.03 Å². The molecule has 1 fully saturated rings. The minimum Gasteiger partial charge on any atom is -0.490 e. The number of urea groups is 1. The molecule has 0 aliphatic heterocycles. The Kier molecular flexibility index (Phi) is 8.94. The zero-order valence-corrected chi connectivity index (χ0v) is 22.0. The number of rotatable bonds is 10. The smallest absolute Gasteiger partial charge is 0.319 e. The van der Waals surface area contributed by atoms with Gasteiger partial charge in [-0.25, -0.2) is 17.9 Å². The van der Waals surface area contributed by atoms with E-state index in [1.165, 1.54) is 30.3 Å². The van der Waals surface area contributed by atoms with E-state index >= 15 is 0 Å². The lowest BCUT2D eigenvalue weighted by Crippen LogP contribution is -2.36. The first-order valence-electron chi connectivity index (χ1n) is 12.0. The lowest BCUT2D eigenvalue weighted by molar-refractivity contribution is -0.384. The van der Waals surface area contributed by atoms with Crippen LogP contribution in [-0.4, -0.2) is 49.8 Å². The highest BCUT2D eigenvalue weighted by Gasteiger charge is 2.23. The minimum atomic E-state index is -3.80. The number of aliphatic hydroxyl groups is 1.